The molecule has 2 rings (SSSR count). The second kappa shape index (κ2) is 4.54. The molecule has 1 aromatic heterocycles. The highest BCUT2D eigenvalue weighted by Crippen LogP contribution is 2.38. The summed E-state index contributed by atoms with van der Waals surface area (Å²) in [5, 5.41) is 0. The number of allylic oxidation sites excluding steroid dienone is 2. The highest BCUT2D eigenvalue weighted by atomic mass is 28.3. The summed E-state index contributed by atoms with van der Waals surface area (Å²) in [6, 6.07) is 0. The van der Waals surface area contributed by atoms with Crippen molar-refractivity contribution in [1.82, 2.24) is 0 Å². The average Bonchev–Trinajstić information content (AvgIpc) is 2.41. The minimum Gasteiger partial charge on any atom is -0.465 e. The van der Waals surface area contributed by atoms with Crippen LogP contribution in [0.25, 0.3) is 0 Å². The monoisotopic (exact) mass is 262 g/mol. The molecule has 1 aliphatic rings. The number of rotatable bonds is 2. The molecule has 0 fully saturated rings. The van der Waals surface area contributed by atoms with E-state index < -0.39 is 8.07 Å². The van der Waals surface area contributed by atoms with Gasteiger partial charge in [0.05, 0.1) is 13.6 Å². The summed E-state index contributed by atoms with van der Waals surface area (Å²) < 4.78 is 5.99. The lowest BCUT2D eigenvalue weighted by Crippen LogP contribution is -2.30. The molecule has 0 radical (unpaired) electrons. The summed E-state index contributed by atoms with van der Waals surface area (Å²) in [6.45, 7) is 10.6. The van der Waals surface area contributed by atoms with E-state index in [9.17, 15) is 4.79 Å². The molecule has 0 spiro atoms. The zero-order valence-electron chi connectivity index (χ0n) is 12.0. The van der Waals surface area contributed by atoms with Crippen LogP contribution in [0.4, 0.5) is 0 Å². The smallest absolute Gasteiger partial charge is 0.163 e. The minimum absolute atomic E-state index is 0.127. The largest absolute Gasteiger partial charge is 0.465 e. The summed E-state index contributed by atoms with van der Waals surface area (Å²) in [7, 11) is -1.34. The lowest BCUT2D eigenvalue weighted by Gasteiger charge is -2.26. The number of Topliss-reactive ketones (excluding diaryl/α,β-unsaturated/α-hetero) is 1. The van der Waals surface area contributed by atoms with Crippen LogP contribution in [0.15, 0.2) is 16.6 Å². The van der Waals surface area contributed by atoms with E-state index in [1.54, 1.807) is 6.92 Å². The van der Waals surface area contributed by atoms with Crippen molar-refractivity contribution in [1.29, 1.82) is 0 Å². The van der Waals surface area contributed by atoms with E-state index in [4.69, 9.17) is 4.42 Å². The number of ketones is 1. The molecule has 3 heteroatoms. The molecule has 1 heterocycles. The molecular formula is C15H22O2Si. The number of hydrogen-bond donors (Lipinski definition) is 0. The van der Waals surface area contributed by atoms with Crippen molar-refractivity contribution in [2.24, 2.45) is 0 Å². The quantitative estimate of drug-likeness (QED) is 0.453. The molecule has 0 bridgehead atoms. The Kier molecular flexibility index (Phi) is 3.36. The van der Waals surface area contributed by atoms with Crippen LogP contribution in [0.3, 0.4) is 0 Å². The minimum atomic E-state index is -1.34. The van der Waals surface area contributed by atoms with E-state index in [2.05, 4.69) is 31.8 Å². The molecule has 0 aromatic carbocycles. The summed E-state index contributed by atoms with van der Waals surface area (Å²) in [4.78, 5) is 11.8. The third kappa shape index (κ3) is 2.24. The predicted molar refractivity (Wildman–Crippen MR) is 77.0 cm³/mol. The van der Waals surface area contributed by atoms with Crippen LogP contribution in [0.5, 0.6) is 0 Å². The van der Waals surface area contributed by atoms with Gasteiger partial charge < -0.3 is 4.42 Å². The van der Waals surface area contributed by atoms with Gasteiger partial charge in [-0.15, -0.1) is 0 Å². The lowest BCUT2D eigenvalue weighted by molar-refractivity contribution is 0.101. The number of carbonyl (C=O) groups is 1. The SMILES string of the molecule is CC(=O)c1c(C)oc2c1CC=CCC2[Si](C)(C)C. The maximum absolute atomic E-state index is 11.8. The van der Waals surface area contributed by atoms with Gasteiger partial charge in [0.2, 0.25) is 0 Å². The van der Waals surface area contributed by atoms with Crippen molar-refractivity contribution < 1.29 is 9.21 Å². The van der Waals surface area contributed by atoms with E-state index >= 15 is 0 Å². The maximum Gasteiger partial charge on any atom is 0.163 e. The van der Waals surface area contributed by atoms with Crippen molar-refractivity contribution in [3.05, 3.63) is 34.8 Å². The first kappa shape index (κ1) is 13.3. The second-order valence-corrected chi connectivity index (χ2v) is 11.7. The summed E-state index contributed by atoms with van der Waals surface area (Å²) in [5.74, 6) is 2.01. The Labute approximate surface area is 110 Å². The van der Waals surface area contributed by atoms with Crippen LogP contribution in [-0.2, 0) is 6.42 Å². The van der Waals surface area contributed by atoms with Crippen molar-refractivity contribution in [2.45, 2.75) is 51.9 Å². The zero-order chi connectivity index (χ0) is 13.5. The Balaban J connectivity index is 2.61. The highest BCUT2D eigenvalue weighted by molar-refractivity contribution is 6.77. The van der Waals surface area contributed by atoms with Crippen LogP contribution >= 0.6 is 0 Å². The van der Waals surface area contributed by atoms with Crippen molar-refractivity contribution in [3.8, 4) is 0 Å². The first-order valence-corrected chi connectivity index (χ1v) is 10.2. The third-order valence-corrected chi connectivity index (χ3v) is 6.38. The van der Waals surface area contributed by atoms with Gasteiger partial charge >= 0.3 is 0 Å². The number of aryl methyl sites for hydroxylation is 1. The summed E-state index contributed by atoms with van der Waals surface area (Å²) >= 11 is 0. The zero-order valence-corrected chi connectivity index (χ0v) is 13.0. The van der Waals surface area contributed by atoms with E-state index in [-0.39, 0.29) is 5.78 Å². The topological polar surface area (TPSA) is 30.2 Å². The van der Waals surface area contributed by atoms with E-state index in [0.29, 0.717) is 5.54 Å². The number of hydrogen-bond acceptors (Lipinski definition) is 2. The molecule has 0 aliphatic heterocycles. The molecule has 1 aromatic rings. The maximum atomic E-state index is 11.8. The van der Waals surface area contributed by atoms with Crippen LogP contribution in [0.1, 0.15) is 46.3 Å². The van der Waals surface area contributed by atoms with Crippen LogP contribution < -0.4 is 0 Å². The van der Waals surface area contributed by atoms with Gasteiger partial charge in [-0.05, 0) is 26.7 Å². The fourth-order valence-electron chi connectivity index (χ4n) is 2.85. The lowest BCUT2D eigenvalue weighted by atomic mass is 10.0. The Morgan fingerprint density at radius 1 is 1.33 bits per heavy atom. The summed E-state index contributed by atoms with van der Waals surface area (Å²) in [5.41, 5.74) is 2.44. The van der Waals surface area contributed by atoms with Gasteiger partial charge in [0.1, 0.15) is 11.5 Å². The normalized spacial score (nSPS) is 19.5. The fourth-order valence-corrected chi connectivity index (χ4v) is 4.71. The van der Waals surface area contributed by atoms with Gasteiger partial charge in [0, 0.05) is 11.1 Å². The fraction of sp³-hybridized carbons (Fsp3) is 0.533. The average molecular weight is 262 g/mol. The Morgan fingerprint density at radius 2 is 2.00 bits per heavy atom. The second-order valence-electron chi connectivity index (χ2n) is 6.26. The molecule has 0 N–H and O–H groups in total. The Hall–Kier alpha value is -1.09. The van der Waals surface area contributed by atoms with Gasteiger partial charge in [-0.25, -0.2) is 0 Å². The van der Waals surface area contributed by atoms with Crippen LogP contribution in [0.2, 0.25) is 19.6 Å². The van der Waals surface area contributed by atoms with E-state index in [1.165, 1.54) is 0 Å². The predicted octanol–water partition coefficient (Wildman–Crippen LogP) is 4.25. The molecule has 0 saturated heterocycles. The van der Waals surface area contributed by atoms with Gasteiger partial charge in [-0.2, -0.15) is 0 Å². The highest BCUT2D eigenvalue weighted by Gasteiger charge is 2.34. The molecule has 18 heavy (non-hydrogen) atoms. The molecule has 0 saturated carbocycles. The first-order chi connectivity index (χ1) is 8.32. The van der Waals surface area contributed by atoms with E-state index in [1.807, 2.05) is 6.92 Å². The van der Waals surface area contributed by atoms with Gasteiger partial charge in [-0.3, -0.25) is 4.79 Å². The van der Waals surface area contributed by atoms with Crippen molar-refractivity contribution in [2.75, 3.05) is 0 Å². The van der Waals surface area contributed by atoms with Gasteiger partial charge in [0.25, 0.3) is 0 Å². The number of furan rings is 1. The molecule has 98 valence electrons. The molecule has 1 unspecified atom stereocenters. The molecule has 1 aliphatic carbocycles. The number of fused-ring (bicyclic) bond motifs is 1. The summed E-state index contributed by atoms with van der Waals surface area (Å²) in [6.07, 6.45) is 6.31. The van der Waals surface area contributed by atoms with Gasteiger partial charge in [0.15, 0.2) is 5.78 Å². The van der Waals surface area contributed by atoms with Crippen molar-refractivity contribution in [3.63, 3.8) is 0 Å². The molecular weight excluding hydrogens is 240 g/mol. The molecule has 0 amide bonds. The standard InChI is InChI=1S/C15H22O2Si/c1-10(16)14-11(2)17-15-12(14)8-6-7-9-13(15)18(3,4)5/h6-7,13H,8-9H2,1-5H3. The first-order valence-electron chi connectivity index (χ1n) is 6.60. The Bertz CT molecular complexity index is 503. The third-order valence-electron chi connectivity index (χ3n) is 3.79. The van der Waals surface area contributed by atoms with E-state index in [0.717, 1.165) is 35.5 Å². The van der Waals surface area contributed by atoms with Crippen LogP contribution in [-0.4, -0.2) is 13.9 Å². The molecule has 2 nitrogen and oxygen atoms in total. The number of carbonyl (C=O) groups excluding carboxylic acids is 1. The van der Waals surface area contributed by atoms with Gasteiger partial charge in [-0.1, -0.05) is 31.8 Å². The Morgan fingerprint density at radius 3 is 2.56 bits per heavy atom. The molecule has 1 atom stereocenters. The van der Waals surface area contributed by atoms with Crippen molar-refractivity contribution >= 4 is 13.9 Å². The van der Waals surface area contributed by atoms with Crippen LogP contribution in [0, 0.1) is 6.92 Å².